The number of thioether (sulfide) groups is 1. The van der Waals surface area contributed by atoms with Crippen LogP contribution < -0.4 is 10.1 Å². The lowest BCUT2D eigenvalue weighted by atomic mass is 10.1. The van der Waals surface area contributed by atoms with Crippen LogP contribution >= 0.6 is 11.8 Å². The summed E-state index contributed by atoms with van der Waals surface area (Å²) in [5.74, 6) is 0.375. The Morgan fingerprint density at radius 2 is 1.83 bits per heavy atom. The smallest absolute Gasteiger partial charge is 0.316 e. The van der Waals surface area contributed by atoms with Crippen LogP contribution in [0.4, 0.5) is 0 Å². The number of hydrogen-bond donors (Lipinski definition) is 1. The summed E-state index contributed by atoms with van der Waals surface area (Å²) in [6.07, 6.45) is 0. The van der Waals surface area contributed by atoms with Crippen molar-refractivity contribution in [3.05, 3.63) is 65.2 Å². The largest absolute Gasteiger partial charge is 0.496 e. The summed E-state index contributed by atoms with van der Waals surface area (Å²) in [5, 5.41) is 2.79. The highest BCUT2D eigenvalue weighted by Crippen LogP contribution is 2.25. The first-order chi connectivity index (χ1) is 13.9. The number of ketones is 1. The predicted molar refractivity (Wildman–Crippen MR) is 113 cm³/mol. The molecule has 0 aromatic heterocycles. The van der Waals surface area contributed by atoms with Crippen LogP contribution in [-0.4, -0.2) is 37.1 Å². The Morgan fingerprint density at radius 1 is 1.10 bits per heavy atom. The number of ether oxygens (including phenoxy) is 2. The molecule has 0 aliphatic carbocycles. The molecule has 0 spiro atoms. The van der Waals surface area contributed by atoms with Gasteiger partial charge in [0.25, 0.3) is 5.91 Å². The van der Waals surface area contributed by atoms with Gasteiger partial charge in [0.2, 0.25) is 0 Å². The minimum atomic E-state index is -0.473. The third-order valence-corrected chi connectivity index (χ3v) is 5.16. The van der Waals surface area contributed by atoms with Crippen LogP contribution in [0.5, 0.6) is 5.75 Å². The fourth-order valence-corrected chi connectivity index (χ4v) is 3.45. The van der Waals surface area contributed by atoms with Crippen molar-refractivity contribution in [2.75, 3.05) is 19.5 Å². The molecule has 1 amide bonds. The molecule has 0 radical (unpaired) electrons. The fraction of sp³-hybridized carbons (Fsp3) is 0.318. The van der Waals surface area contributed by atoms with Crippen molar-refractivity contribution in [2.24, 2.45) is 0 Å². The maximum Gasteiger partial charge on any atom is 0.316 e. The first-order valence-corrected chi connectivity index (χ1v) is 10.3. The Hall–Kier alpha value is -2.80. The summed E-state index contributed by atoms with van der Waals surface area (Å²) < 4.78 is 10.3. The zero-order chi connectivity index (χ0) is 21.2. The van der Waals surface area contributed by atoms with E-state index in [9.17, 15) is 14.4 Å². The molecule has 0 bridgehead atoms. The van der Waals surface area contributed by atoms with Gasteiger partial charge in [-0.3, -0.25) is 14.4 Å². The number of benzene rings is 2. The molecule has 6 nitrogen and oxygen atoms in total. The van der Waals surface area contributed by atoms with E-state index in [2.05, 4.69) is 5.32 Å². The van der Waals surface area contributed by atoms with Gasteiger partial charge in [-0.1, -0.05) is 30.3 Å². The van der Waals surface area contributed by atoms with Gasteiger partial charge in [0.05, 0.1) is 18.9 Å². The van der Waals surface area contributed by atoms with Gasteiger partial charge in [0.1, 0.15) is 5.75 Å². The average Bonchev–Trinajstić information content (AvgIpc) is 2.72. The van der Waals surface area contributed by atoms with Gasteiger partial charge in [-0.15, -0.1) is 11.8 Å². The Bertz CT molecular complexity index is 854. The van der Waals surface area contributed by atoms with Crippen LogP contribution in [0.3, 0.4) is 0 Å². The molecule has 0 saturated carbocycles. The van der Waals surface area contributed by atoms with Crippen molar-refractivity contribution in [3.8, 4) is 5.75 Å². The lowest BCUT2D eigenvalue weighted by Crippen LogP contribution is -2.31. The Kier molecular flexibility index (Phi) is 8.73. The zero-order valence-electron chi connectivity index (χ0n) is 16.8. The molecule has 0 aliphatic heterocycles. The molecule has 0 fully saturated rings. The van der Waals surface area contributed by atoms with Gasteiger partial charge >= 0.3 is 5.97 Å². The van der Waals surface area contributed by atoms with Crippen molar-refractivity contribution in [1.82, 2.24) is 5.32 Å². The number of hydrogen-bond acceptors (Lipinski definition) is 6. The van der Waals surface area contributed by atoms with E-state index < -0.39 is 5.97 Å². The molecule has 7 heteroatoms. The van der Waals surface area contributed by atoms with Crippen LogP contribution in [0.15, 0.2) is 48.5 Å². The highest BCUT2D eigenvalue weighted by molar-refractivity contribution is 7.99. The van der Waals surface area contributed by atoms with Crippen LogP contribution in [0.1, 0.15) is 41.4 Å². The summed E-state index contributed by atoms with van der Waals surface area (Å²) in [4.78, 5) is 35.4. The van der Waals surface area contributed by atoms with E-state index in [1.54, 1.807) is 25.3 Å². The fourth-order valence-electron chi connectivity index (χ4n) is 2.65. The van der Waals surface area contributed by atoms with Gasteiger partial charge in [0, 0.05) is 16.9 Å². The molecule has 29 heavy (non-hydrogen) atoms. The second-order valence-corrected chi connectivity index (χ2v) is 7.42. The number of nitrogens with one attached hydrogen (secondary N) is 1. The topological polar surface area (TPSA) is 81.7 Å². The standard InChI is InChI=1S/C22H25NO5S/c1-15(17-7-5-4-6-8-17)23-21(25)12-28-22(26)14-29-13-19-11-18(16(2)24)9-10-20(19)27-3/h4-11,15H,12-14H2,1-3H3,(H,23,25)/t15-/m0/s1. The van der Waals surface area contributed by atoms with Crippen molar-refractivity contribution in [2.45, 2.75) is 25.6 Å². The van der Waals surface area contributed by atoms with Crippen molar-refractivity contribution in [1.29, 1.82) is 0 Å². The first-order valence-electron chi connectivity index (χ1n) is 9.16. The van der Waals surface area contributed by atoms with E-state index in [0.29, 0.717) is 17.1 Å². The Labute approximate surface area is 175 Å². The molecule has 2 aromatic rings. The highest BCUT2D eigenvalue weighted by atomic mass is 32.2. The summed E-state index contributed by atoms with van der Waals surface area (Å²) in [6.45, 7) is 3.05. The number of amides is 1. The van der Waals surface area contributed by atoms with Gasteiger partial charge in [-0.05, 0) is 37.6 Å². The summed E-state index contributed by atoms with van der Waals surface area (Å²) in [6, 6.07) is 14.6. The number of esters is 1. The molecule has 0 heterocycles. The number of rotatable bonds is 10. The van der Waals surface area contributed by atoms with E-state index >= 15 is 0 Å². The minimum absolute atomic E-state index is 0.0333. The number of Topliss-reactive ketones (excluding diaryl/α,β-unsaturated/α-hetero) is 1. The molecule has 0 saturated heterocycles. The molecule has 1 atom stereocenters. The van der Waals surface area contributed by atoms with E-state index in [1.165, 1.54) is 18.7 Å². The molecule has 0 aliphatic rings. The van der Waals surface area contributed by atoms with E-state index in [0.717, 1.165) is 11.1 Å². The van der Waals surface area contributed by atoms with E-state index in [1.807, 2.05) is 37.3 Å². The van der Waals surface area contributed by atoms with Gasteiger partial charge in [-0.25, -0.2) is 0 Å². The number of carbonyl (C=O) groups is 3. The summed E-state index contributed by atoms with van der Waals surface area (Å²) in [5.41, 5.74) is 2.39. The minimum Gasteiger partial charge on any atom is -0.496 e. The van der Waals surface area contributed by atoms with Crippen molar-refractivity contribution < 1.29 is 23.9 Å². The molecular weight excluding hydrogens is 390 g/mol. The van der Waals surface area contributed by atoms with Crippen LogP contribution in [0, 0.1) is 0 Å². The van der Waals surface area contributed by atoms with Crippen molar-refractivity contribution in [3.63, 3.8) is 0 Å². The first kappa shape index (κ1) is 22.5. The predicted octanol–water partition coefficient (Wildman–Crippen LogP) is 3.55. The second kappa shape index (κ2) is 11.3. The Morgan fingerprint density at radius 3 is 2.48 bits per heavy atom. The lowest BCUT2D eigenvalue weighted by molar-refractivity contribution is -0.146. The lowest BCUT2D eigenvalue weighted by Gasteiger charge is -2.14. The third kappa shape index (κ3) is 7.27. The van der Waals surface area contributed by atoms with Gasteiger partial charge in [0.15, 0.2) is 12.4 Å². The quantitative estimate of drug-likeness (QED) is 0.472. The monoisotopic (exact) mass is 415 g/mol. The van der Waals surface area contributed by atoms with Crippen LogP contribution in [0.25, 0.3) is 0 Å². The summed E-state index contributed by atoms with van der Waals surface area (Å²) >= 11 is 1.33. The van der Waals surface area contributed by atoms with Crippen LogP contribution in [0.2, 0.25) is 0 Å². The maximum atomic E-state index is 12.0. The normalized spacial score (nSPS) is 11.4. The van der Waals surface area contributed by atoms with E-state index in [4.69, 9.17) is 9.47 Å². The third-order valence-electron chi connectivity index (χ3n) is 4.21. The summed E-state index contributed by atoms with van der Waals surface area (Å²) in [7, 11) is 1.56. The van der Waals surface area contributed by atoms with Crippen molar-refractivity contribution >= 4 is 29.4 Å². The van der Waals surface area contributed by atoms with Gasteiger partial charge < -0.3 is 14.8 Å². The second-order valence-electron chi connectivity index (χ2n) is 6.44. The van der Waals surface area contributed by atoms with Gasteiger partial charge in [-0.2, -0.15) is 0 Å². The molecule has 154 valence electrons. The molecule has 2 rings (SSSR count). The van der Waals surface area contributed by atoms with Crippen LogP contribution in [-0.2, 0) is 20.1 Å². The maximum absolute atomic E-state index is 12.0. The number of carbonyl (C=O) groups excluding carboxylic acids is 3. The number of methoxy groups -OCH3 is 1. The SMILES string of the molecule is COc1ccc(C(C)=O)cc1CSCC(=O)OCC(=O)N[C@@H](C)c1ccccc1. The molecule has 2 aromatic carbocycles. The molecule has 0 unspecified atom stereocenters. The molecule has 1 N–H and O–H groups in total. The van der Waals surface area contributed by atoms with E-state index in [-0.39, 0.29) is 30.1 Å². The Balaban J connectivity index is 1.75. The highest BCUT2D eigenvalue weighted by Gasteiger charge is 2.13. The average molecular weight is 416 g/mol. The zero-order valence-corrected chi connectivity index (χ0v) is 17.6. The molecular formula is C22H25NO5S.